The van der Waals surface area contributed by atoms with Crippen LogP contribution >= 0.6 is 0 Å². The number of aryl methyl sites for hydroxylation is 1. The van der Waals surface area contributed by atoms with Gasteiger partial charge in [-0.3, -0.25) is 13.9 Å². The lowest BCUT2D eigenvalue weighted by molar-refractivity contribution is -0.141. The Kier molecular flexibility index (Phi) is 11.3. The van der Waals surface area contributed by atoms with Gasteiger partial charge in [0, 0.05) is 32.0 Å². The molecule has 7 nitrogen and oxygen atoms in total. The normalized spacial score (nSPS) is 14.6. The summed E-state index contributed by atoms with van der Waals surface area (Å²) in [5.41, 5.74) is 2.84. The molecule has 1 fully saturated rings. The maximum atomic E-state index is 14.5. The fourth-order valence-electron chi connectivity index (χ4n) is 5.74. The highest BCUT2D eigenvalue weighted by Gasteiger charge is 2.32. The van der Waals surface area contributed by atoms with Crippen LogP contribution in [0.25, 0.3) is 0 Å². The molecular weight excluding hydrogens is 565 g/mol. The van der Waals surface area contributed by atoms with Crippen LogP contribution in [0.3, 0.4) is 0 Å². The number of benzene rings is 3. The van der Waals surface area contributed by atoms with E-state index in [-0.39, 0.29) is 49.5 Å². The Hall–Kier alpha value is -3.72. The first-order valence-electron chi connectivity index (χ1n) is 15.0. The summed E-state index contributed by atoms with van der Waals surface area (Å²) in [7, 11) is -3.79. The van der Waals surface area contributed by atoms with E-state index in [1.807, 2.05) is 61.5 Å². The Morgan fingerprint density at radius 1 is 0.930 bits per heavy atom. The van der Waals surface area contributed by atoms with Crippen molar-refractivity contribution in [1.82, 2.24) is 10.2 Å². The van der Waals surface area contributed by atoms with Crippen molar-refractivity contribution in [2.45, 2.75) is 76.9 Å². The van der Waals surface area contributed by atoms with Gasteiger partial charge in [0.1, 0.15) is 11.9 Å². The van der Waals surface area contributed by atoms with Gasteiger partial charge in [0.2, 0.25) is 21.8 Å². The van der Waals surface area contributed by atoms with Crippen LogP contribution in [0.4, 0.5) is 10.1 Å². The molecule has 43 heavy (non-hydrogen) atoms. The van der Waals surface area contributed by atoms with Gasteiger partial charge in [-0.05, 0) is 49.4 Å². The number of halogens is 1. The predicted octanol–water partition coefficient (Wildman–Crippen LogP) is 5.77. The zero-order valence-corrected chi connectivity index (χ0v) is 25.9. The molecule has 2 amide bonds. The largest absolute Gasteiger partial charge is 0.352 e. The molecule has 3 aromatic rings. The lowest BCUT2D eigenvalue weighted by atomic mass is 9.94. The lowest BCUT2D eigenvalue weighted by Gasteiger charge is -2.34. The first-order valence-corrected chi connectivity index (χ1v) is 16.9. The van der Waals surface area contributed by atoms with Crippen LogP contribution in [0.15, 0.2) is 78.9 Å². The summed E-state index contributed by atoms with van der Waals surface area (Å²) >= 11 is 0. The van der Waals surface area contributed by atoms with Crippen molar-refractivity contribution in [2.75, 3.05) is 17.1 Å². The van der Waals surface area contributed by atoms with Crippen molar-refractivity contribution in [3.8, 4) is 0 Å². The molecular formula is C34H42FN3O4S. The van der Waals surface area contributed by atoms with E-state index < -0.39 is 21.9 Å². The molecule has 0 aromatic heterocycles. The van der Waals surface area contributed by atoms with E-state index in [1.165, 1.54) is 18.2 Å². The third-order valence-electron chi connectivity index (χ3n) is 7.93. The van der Waals surface area contributed by atoms with Gasteiger partial charge >= 0.3 is 0 Å². The van der Waals surface area contributed by atoms with E-state index in [4.69, 9.17) is 0 Å². The molecule has 0 radical (unpaired) electrons. The maximum Gasteiger partial charge on any atom is 0.243 e. The number of carbonyl (C=O) groups is 2. The number of rotatable bonds is 13. The summed E-state index contributed by atoms with van der Waals surface area (Å²) in [6.07, 6.45) is 6.67. The number of hydrogen-bond donors (Lipinski definition) is 1. The third kappa shape index (κ3) is 9.38. The predicted molar refractivity (Wildman–Crippen MR) is 169 cm³/mol. The Morgan fingerprint density at radius 3 is 2.28 bits per heavy atom. The van der Waals surface area contributed by atoms with Crippen LogP contribution in [0.1, 0.15) is 61.6 Å². The van der Waals surface area contributed by atoms with E-state index in [1.54, 1.807) is 11.0 Å². The minimum absolute atomic E-state index is 0.00567. The van der Waals surface area contributed by atoms with Crippen molar-refractivity contribution in [3.05, 3.63) is 101 Å². The molecule has 1 atom stereocenters. The van der Waals surface area contributed by atoms with E-state index in [0.717, 1.165) is 59.4 Å². The van der Waals surface area contributed by atoms with E-state index >= 15 is 0 Å². The molecule has 4 rings (SSSR count). The van der Waals surface area contributed by atoms with Crippen molar-refractivity contribution in [2.24, 2.45) is 0 Å². The van der Waals surface area contributed by atoms with Gasteiger partial charge < -0.3 is 10.2 Å². The summed E-state index contributed by atoms with van der Waals surface area (Å²) in [6.45, 7) is 2.15. The number of para-hydroxylation sites is 1. The number of hydrogen-bond acceptors (Lipinski definition) is 4. The molecule has 0 heterocycles. The average Bonchev–Trinajstić information content (AvgIpc) is 2.98. The van der Waals surface area contributed by atoms with Crippen LogP contribution in [-0.4, -0.2) is 50.0 Å². The van der Waals surface area contributed by atoms with Gasteiger partial charge in [0.15, 0.2) is 0 Å². The number of amides is 2. The van der Waals surface area contributed by atoms with E-state index in [9.17, 15) is 22.4 Å². The summed E-state index contributed by atoms with van der Waals surface area (Å²) in [5.74, 6) is -1.09. The second kappa shape index (κ2) is 15.1. The highest BCUT2D eigenvalue weighted by molar-refractivity contribution is 7.92. The highest BCUT2D eigenvalue weighted by atomic mass is 32.2. The van der Waals surface area contributed by atoms with Crippen LogP contribution in [0.5, 0.6) is 0 Å². The first-order chi connectivity index (χ1) is 20.6. The maximum absolute atomic E-state index is 14.5. The molecule has 1 saturated carbocycles. The summed E-state index contributed by atoms with van der Waals surface area (Å²) in [5, 5.41) is 3.23. The van der Waals surface area contributed by atoms with Crippen LogP contribution in [0.2, 0.25) is 0 Å². The van der Waals surface area contributed by atoms with Crippen molar-refractivity contribution < 1.29 is 22.4 Å². The zero-order valence-electron chi connectivity index (χ0n) is 25.0. The SMILES string of the molecule is Cc1cccc(CN(C(=O)CCCN(c2ccccc2F)S(C)(=O)=O)[C@H](Cc2ccccc2)C(=O)NC2CCCCC2)c1. The smallest absolute Gasteiger partial charge is 0.243 e. The minimum atomic E-state index is -3.79. The summed E-state index contributed by atoms with van der Waals surface area (Å²) in [4.78, 5) is 29.6. The molecule has 0 saturated heterocycles. The summed E-state index contributed by atoms with van der Waals surface area (Å²) < 4.78 is 40.7. The molecule has 0 spiro atoms. The number of nitrogens with zero attached hydrogens (tertiary/aromatic N) is 2. The molecule has 1 aliphatic rings. The fourth-order valence-corrected chi connectivity index (χ4v) is 6.71. The Bertz CT molecular complexity index is 1480. The topological polar surface area (TPSA) is 86.8 Å². The minimum Gasteiger partial charge on any atom is -0.352 e. The van der Waals surface area contributed by atoms with Crippen molar-refractivity contribution in [3.63, 3.8) is 0 Å². The number of anilines is 1. The molecule has 0 aliphatic heterocycles. The first kappa shape index (κ1) is 32.2. The van der Waals surface area contributed by atoms with Gasteiger partial charge in [-0.15, -0.1) is 0 Å². The van der Waals surface area contributed by atoms with Crippen LogP contribution in [0, 0.1) is 12.7 Å². The Balaban J connectivity index is 1.59. The summed E-state index contributed by atoms with van der Waals surface area (Å²) in [6, 6.07) is 22.5. The van der Waals surface area contributed by atoms with Gasteiger partial charge in [-0.1, -0.05) is 91.6 Å². The second-order valence-electron chi connectivity index (χ2n) is 11.4. The van der Waals surface area contributed by atoms with Gasteiger partial charge in [0.05, 0.1) is 11.9 Å². The molecule has 1 aliphatic carbocycles. The molecule has 9 heteroatoms. The molecule has 1 N–H and O–H groups in total. The van der Waals surface area contributed by atoms with Gasteiger partial charge in [-0.2, -0.15) is 0 Å². The van der Waals surface area contributed by atoms with E-state index in [2.05, 4.69) is 5.32 Å². The number of nitrogens with one attached hydrogen (secondary N) is 1. The van der Waals surface area contributed by atoms with Gasteiger partial charge in [0.25, 0.3) is 0 Å². The van der Waals surface area contributed by atoms with Crippen molar-refractivity contribution in [1.29, 1.82) is 0 Å². The zero-order chi connectivity index (χ0) is 30.8. The Labute approximate surface area is 255 Å². The van der Waals surface area contributed by atoms with Crippen molar-refractivity contribution >= 4 is 27.5 Å². The second-order valence-corrected chi connectivity index (χ2v) is 13.4. The number of sulfonamides is 1. The Morgan fingerprint density at radius 2 is 1.60 bits per heavy atom. The quantitative estimate of drug-likeness (QED) is 0.267. The van der Waals surface area contributed by atoms with Crippen LogP contribution < -0.4 is 9.62 Å². The van der Waals surface area contributed by atoms with E-state index in [0.29, 0.717) is 6.42 Å². The standard InChI is InChI=1S/C34H42FN3O4S/c1-26-13-11-16-28(23-26)25-37(33(39)21-12-22-38(43(2,41)42)31-20-10-9-19-30(31)35)32(24-27-14-5-3-6-15-27)34(40)36-29-17-7-4-8-18-29/h3,5-6,9-11,13-16,19-20,23,29,32H,4,7-8,12,17-18,21-22,24-25H2,1-2H3,(H,36,40)/t32-/m1/s1. The highest BCUT2D eigenvalue weighted by Crippen LogP contribution is 2.24. The van der Waals surface area contributed by atoms with Crippen LogP contribution in [-0.2, 0) is 32.6 Å². The molecule has 230 valence electrons. The lowest BCUT2D eigenvalue weighted by Crippen LogP contribution is -2.53. The third-order valence-corrected chi connectivity index (χ3v) is 9.11. The molecule has 0 bridgehead atoms. The number of carbonyl (C=O) groups excluding carboxylic acids is 2. The molecule has 3 aromatic carbocycles. The average molecular weight is 608 g/mol. The van der Waals surface area contributed by atoms with Gasteiger partial charge in [-0.25, -0.2) is 12.8 Å². The monoisotopic (exact) mass is 607 g/mol. The molecule has 0 unspecified atom stereocenters. The fraction of sp³-hybridized carbons (Fsp3) is 0.412.